The average molecular weight is 553 g/mol. The molecule has 0 saturated carbocycles. The van der Waals surface area contributed by atoms with Gasteiger partial charge in [0.2, 0.25) is 0 Å². The number of unbranched alkanes of at least 4 members (excludes halogenated alkanes) is 15. The molecular formula is C26H50BrNO6. The van der Waals surface area contributed by atoms with Gasteiger partial charge in [-0.2, -0.15) is 0 Å². The lowest BCUT2D eigenvalue weighted by Gasteiger charge is -2.17. The van der Waals surface area contributed by atoms with Crippen LogP contribution in [0.3, 0.4) is 0 Å². The van der Waals surface area contributed by atoms with E-state index in [9.17, 15) is 9.59 Å². The van der Waals surface area contributed by atoms with Crippen molar-refractivity contribution < 1.29 is 28.5 Å². The van der Waals surface area contributed by atoms with Gasteiger partial charge in [0.05, 0.1) is 6.61 Å². The smallest absolute Gasteiger partial charge is 0.440 e. The van der Waals surface area contributed by atoms with Gasteiger partial charge in [0.25, 0.3) is 0 Å². The first kappa shape index (κ1) is 33.0. The molecule has 0 aromatic heterocycles. The van der Waals surface area contributed by atoms with Crippen molar-refractivity contribution >= 4 is 28.2 Å². The fraction of sp³-hybridized carbons (Fsp3) is 0.923. The zero-order valence-corrected chi connectivity index (χ0v) is 23.3. The molecule has 1 N–H and O–H groups in total. The summed E-state index contributed by atoms with van der Waals surface area (Å²) in [6.45, 7) is 3.16. The number of alkyl carbamates (subject to hydrolysis) is 1. The van der Waals surface area contributed by atoms with Crippen molar-refractivity contribution in [3.8, 4) is 0 Å². The lowest BCUT2D eigenvalue weighted by Crippen LogP contribution is -2.33. The van der Waals surface area contributed by atoms with Gasteiger partial charge in [0.1, 0.15) is 13.2 Å². The third-order valence-electron chi connectivity index (χ3n) is 5.61. The maximum atomic E-state index is 11.5. The minimum absolute atomic E-state index is 0.104. The van der Waals surface area contributed by atoms with Crippen LogP contribution >= 0.6 is 15.9 Å². The zero-order valence-electron chi connectivity index (χ0n) is 21.8. The van der Waals surface area contributed by atoms with Crippen LogP contribution in [0.1, 0.15) is 110 Å². The van der Waals surface area contributed by atoms with Crippen molar-refractivity contribution in [2.45, 2.75) is 116 Å². The lowest BCUT2D eigenvalue weighted by molar-refractivity contribution is -0.0257. The number of amides is 1. The zero-order chi connectivity index (χ0) is 25.1. The molecule has 0 fully saturated rings. The van der Waals surface area contributed by atoms with E-state index in [1.807, 2.05) is 0 Å². The predicted molar refractivity (Wildman–Crippen MR) is 141 cm³/mol. The van der Waals surface area contributed by atoms with E-state index >= 15 is 0 Å². The van der Waals surface area contributed by atoms with Crippen LogP contribution in [0.25, 0.3) is 0 Å². The summed E-state index contributed by atoms with van der Waals surface area (Å²) < 4.78 is 20.6. The number of nitrogens with one attached hydrogen (secondary N) is 1. The molecule has 1 atom stereocenters. The molecule has 8 heteroatoms. The molecule has 0 heterocycles. The second kappa shape index (κ2) is 26.6. The number of hydrogen-bond acceptors (Lipinski definition) is 6. The third-order valence-corrected chi connectivity index (χ3v) is 5.93. The van der Waals surface area contributed by atoms with Gasteiger partial charge in [0, 0.05) is 19.0 Å². The molecule has 1 amide bonds. The second-order valence-electron chi connectivity index (χ2n) is 8.75. The van der Waals surface area contributed by atoms with Crippen LogP contribution < -0.4 is 5.32 Å². The summed E-state index contributed by atoms with van der Waals surface area (Å²) in [5.41, 5.74) is 0. The van der Waals surface area contributed by atoms with Crippen LogP contribution in [0.4, 0.5) is 9.59 Å². The minimum Gasteiger partial charge on any atom is -0.440 e. The number of ether oxygens (including phenoxy) is 4. The van der Waals surface area contributed by atoms with Gasteiger partial charge < -0.3 is 24.3 Å². The van der Waals surface area contributed by atoms with E-state index in [2.05, 4.69) is 28.2 Å². The van der Waals surface area contributed by atoms with Crippen molar-refractivity contribution in [1.82, 2.24) is 5.32 Å². The average Bonchev–Trinajstić information content (AvgIpc) is 2.84. The normalized spacial score (nSPS) is 11.7. The summed E-state index contributed by atoms with van der Waals surface area (Å²) in [5, 5.41) is 2.91. The molecule has 7 nitrogen and oxygen atoms in total. The predicted octanol–water partition coefficient (Wildman–Crippen LogP) is 7.54. The van der Waals surface area contributed by atoms with Gasteiger partial charge in [-0.15, -0.1) is 0 Å². The first-order valence-electron chi connectivity index (χ1n) is 13.5. The lowest BCUT2D eigenvalue weighted by atomic mass is 10.0. The number of carbonyl (C=O) groups excluding carboxylic acids is 2. The van der Waals surface area contributed by atoms with Crippen molar-refractivity contribution in [2.24, 2.45) is 0 Å². The van der Waals surface area contributed by atoms with Crippen LogP contribution in [0, 0.1) is 0 Å². The Kier molecular flexibility index (Phi) is 25.8. The van der Waals surface area contributed by atoms with Gasteiger partial charge >= 0.3 is 12.2 Å². The molecule has 0 aromatic carbocycles. The Morgan fingerprint density at radius 3 is 1.68 bits per heavy atom. The molecule has 202 valence electrons. The van der Waals surface area contributed by atoms with E-state index in [0.29, 0.717) is 11.9 Å². The van der Waals surface area contributed by atoms with Crippen LogP contribution in [0.2, 0.25) is 0 Å². The maximum absolute atomic E-state index is 11.5. The van der Waals surface area contributed by atoms with Gasteiger partial charge in [-0.1, -0.05) is 119 Å². The fourth-order valence-corrected chi connectivity index (χ4v) is 3.78. The minimum atomic E-state index is -0.789. The molecule has 0 bridgehead atoms. The summed E-state index contributed by atoms with van der Waals surface area (Å²) in [6, 6.07) is 0. The van der Waals surface area contributed by atoms with Crippen LogP contribution in [0.15, 0.2) is 0 Å². The number of hydrogen-bond donors (Lipinski definition) is 1. The van der Waals surface area contributed by atoms with Gasteiger partial charge in [-0.05, 0) is 6.42 Å². The molecule has 0 aliphatic carbocycles. The Balaban J connectivity index is 3.55. The Hall–Kier alpha value is -1.02. The number of alkyl halides is 1. The van der Waals surface area contributed by atoms with Crippen molar-refractivity contribution in [2.75, 3.05) is 38.8 Å². The molecule has 0 saturated heterocycles. The Labute approximate surface area is 216 Å². The maximum Gasteiger partial charge on any atom is 0.508 e. The standard InChI is InChI=1S/C26H50BrNO6/c1-3-4-5-6-7-8-9-10-11-12-13-14-15-16-17-18-20-31-22-24(34-25(29)28-2)23-33-26(30)32-21-19-27/h24H,3-23H2,1-2H3,(H,28,29)/t24-/m1/s1. The summed E-state index contributed by atoms with van der Waals surface area (Å²) in [5.74, 6) is 0. The first-order valence-corrected chi connectivity index (χ1v) is 14.6. The van der Waals surface area contributed by atoms with Gasteiger partial charge in [0.15, 0.2) is 6.10 Å². The van der Waals surface area contributed by atoms with Crippen LogP contribution in [-0.4, -0.2) is 57.2 Å². The van der Waals surface area contributed by atoms with E-state index < -0.39 is 18.4 Å². The number of halogens is 1. The van der Waals surface area contributed by atoms with Crippen molar-refractivity contribution in [3.05, 3.63) is 0 Å². The molecule has 0 aromatic rings. The quantitative estimate of drug-likeness (QED) is 0.0757. The highest BCUT2D eigenvalue weighted by atomic mass is 79.9. The van der Waals surface area contributed by atoms with Crippen molar-refractivity contribution in [1.29, 1.82) is 0 Å². The van der Waals surface area contributed by atoms with Crippen LogP contribution in [-0.2, 0) is 18.9 Å². The van der Waals surface area contributed by atoms with E-state index in [1.165, 1.54) is 96.9 Å². The van der Waals surface area contributed by atoms with E-state index in [1.54, 1.807) is 0 Å². The van der Waals surface area contributed by atoms with Crippen LogP contribution in [0.5, 0.6) is 0 Å². The van der Waals surface area contributed by atoms with Gasteiger partial charge in [-0.3, -0.25) is 0 Å². The fourth-order valence-electron chi connectivity index (χ4n) is 3.62. The van der Waals surface area contributed by atoms with E-state index in [-0.39, 0.29) is 19.8 Å². The molecule has 0 aliphatic rings. The van der Waals surface area contributed by atoms with Crippen molar-refractivity contribution in [3.63, 3.8) is 0 Å². The van der Waals surface area contributed by atoms with E-state index in [0.717, 1.165) is 12.8 Å². The number of carbonyl (C=O) groups is 2. The molecular weight excluding hydrogens is 502 g/mol. The highest BCUT2D eigenvalue weighted by Crippen LogP contribution is 2.13. The third kappa shape index (κ3) is 24.1. The Morgan fingerprint density at radius 1 is 0.706 bits per heavy atom. The summed E-state index contributed by atoms with van der Waals surface area (Å²) >= 11 is 3.16. The second-order valence-corrected chi connectivity index (χ2v) is 9.55. The summed E-state index contributed by atoms with van der Waals surface area (Å²) in [4.78, 5) is 22.9. The highest BCUT2D eigenvalue weighted by molar-refractivity contribution is 9.09. The molecule has 34 heavy (non-hydrogen) atoms. The molecule has 0 unspecified atom stereocenters. The molecule has 0 radical (unpaired) electrons. The largest absolute Gasteiger partial charge is 0.508 e. The molecule has 0 spiro atoms. The highest BCUT2D eigenvalue weighted by Gasteiger charge is 2.17. The summed E-state index contributed by atoms with van der Waals surface area (Å²) in [6.07, 6.45) is 19.2. The molecule has 0 rings (SSSR count). The summed E-state index contributed by atoms with van der Waals surface area (Å²) in [7, 11) is 1.47. The Morgan fingerprint density at radius 2 is 1.21 bits per heavy atom. The monoisotopic (exact) mass is 551 g/mol. The molecule has 0 aliphatic heterocycles. The number of rotatable bonds is 24. The first-order chi connectivity index (χ1) is 16.6. The van der Waals surface area contributed by atoms with Gasteiger partial charge in [-0.25, -0.2) is 9.59 Å². The SMILES string of the molecule is CCCCCCCCCCCCCCCCCCOC[C@H](COC(=O)OCCBr)OC(=O)NC. The van der Waals surface area contributed by atoms with E-state index in [4.69, 9.17) is 18.9 Å². The topological polar surface area (TPSA) is 83.1 Å². The Bertz CT molecular complexity index is 467.